The first-order valence-corrected chi connectivity index (χ1v) is 18.5. The van der Waals surface area contributed by atoms with Crippen LogP contribution in [0.15, 0.2) is 200 Å². The van der Waals surface area contributed by atoms with E-state index < -0.39 is 18.1 Å². The Morgan fingerprint density at radius 1 is 0.339 bits per heavy atom. The second-order valence-corrected chi connectivity index (χ2v) is 13.7. The Morgan fingerprint density at radius 3 is 1.38 bits per heavy atom. The molecule has 0 aliphatic rings. The fraction of sp³-hybridized carbons (Fsp3) is 0. The summed E-state index contributed by atoms with van der Waals surface area (Å²) in [5, 5.41) is 4.08. The lowest BCUT2D eigenvalue weighted by molar-refractivity contribution is 0.953. The molecular formula is C51H33N5. The molecule has 0 atom stereocenters. The Bertz CT molecular complexity index is 3480. The first-order valence-electron chi connectivity index (χ1n) is 21.0. The Labute approximate surface area is 330 Å². The van der Waals surface area contributed by atoms with Crippen LogP contribution in [0.4, 0.5) is 0 Å². The predicted molar refractivity (Wildman–Crippen MR) is 230 cm³/mol. The third-order valence-corrected chi connectivity index (χ3v) is 10.5. The van der Waals surface area contributed by atoms with Crippen LogP contribution in [-0.4, -0.2) is 24.1 Å². The van der Waals surface area contributed by atoms with Gasteiger partial charge in [-0.25, -0.2) is 4.98 Å². The summed E-state index contributed by atoms with van der Waals surface area (Å²) >= 11 is 0. The first kappa shape index (κ1) is 27.0. The molecule has 8 aromatic carbocycles. The van der Waals surface area contributed by atoms with Gasteiger partial charge in [0, 0.05) is 38.4 Å². The Balaban J connectivity index is 1.18. The highest BCUT2D eigenvalue weighted by molar-refractivity contribution is 6.23. The van der Waals surface area contributed by atoms with Gasteiger partial charge in [-0.15, -0.1) is 0 Å². The smallest absolute Gasteiger partial charge is 0.238 e. The monoisotopic (exact) mass is 720 g/mol. The lowest BCUT2D eigenvalue weighted by atomic mass is 10.0. The number of fused-ring (bicyclic) bond motifs is 7. The van der Waals surface area contributed by atoms with Gasteiger partial charge >= 0.3 is 0 Å². The van der Waals surface area contributed by atoms with Crippen LogP contribution in [0.1, 0.15) is 6.85 Å². The van der Waals surface area contributed by atoms with E-state index in [1.807, 2.05) is 59.2 Å². The van der Waals surface area contributed by atoms with Gasteiger partial charge in [-0.2, -0.15) is 9.97 Å². The number of hydrogen-bond acceptors (Lipinski definition) is 3. The summed E-state index contributed by atoms with van der Waals surface area (Å²) < 4.78 is 47.3. The van der Waals surface area contributed by atoms with Crippen molar-refractivity contribution in [1.82, 2.24) is 24.1 Å². The van der Waals surface area contributed by atoms with E-state index in [1.165, 1.54) is 11.1 Å². The molecule has 0 saturated heterocycles. The van der Waals surface area contributed by atoms with Crippen molar-refractivity contribution in [1.29, 1.82) is 0 Å². The number of benzene rings is 8. The normalized spacial score (nSPS) is 12.8. The molecule has 0 amide bonds. The maximum Gasteiger partial charge on any atom is 0.238 e. The zero-order valence-corrected chi connectivity index (χ0v) is 29.9. The highest BCUT2D eigenvalue weighted by atomic mass is 15.2. The quantitative estimate of drug-likeness (QED) is 0.172. The average Bonchev–Trinajstić information content (AvgIpc) is 3.84. The summed E-state index contributed by atoms with van der Waals surface area (Å²) in [6.45, 7) is 0. The van der Waals surface area contributed by atoms with E-state index in [4.69, 9.17) is 21.8 Å². The summed E-state index contributed by atoms with van der Waals surface area (Å²) in [4.78, 5) is 14.9. The van der Waals surface area contributed by atoms with Gasteiger partial charge in [0.05, 0.1) is 28.9 Å². The van der Waals surface area contributed by atoms with E-state index in [-0.39, 0.29) is 29.4 Å². The number of rotatable bonds is 6. The topological polar surface area (TPSA) is 48.5 Å². The summed E-state index contributed by atoms with van der Waals surface area (Å²) in [5.41, 5.74) is 9.80. The molecule has 262 valence electrons. The molecule has 3 aromatic heterocycles. The maximum absolute atomic E-state index is 8.88. The van der Waals surface area contributed by atoms with E-state index in [0.29, 0.717) is 11.4 Å². The van der Waals surface area contributed by atoms with Crippen LogP contribution < -0.4 is 0 Å². The minimum atomic E-state index is -0.483. The van der Waals surface area contributed by atoms with Gasteiger partial charge in [0.2, 0.25) is 5.95 Å². The van der Waals surface area contributed by atoms with Crippen molar-refractivity contribution >= 4 is 43.6 Å². The average molecular weight is 721 g/mol. The fourth-order valence-electron chi connectivity index (χ4n) is 7.92. The van der Waals surface area contributed by atoms with Gasteiger partial charge in [-0.05, 0) is 46.5 Å². The third kappa shape index (κ3) is 5.21. The van der Waals surface area contributed by atoms with Crippen LogP contribution in [0.5, 0.6) is 0 Å². The Kier molecular flexibility index (Phi) is 6.29. The van der Waals surface area contributed by atoms with Gasteiger partial charge in [0.25, 0.3) is 0 Å². The zero-order valence-electron chi connectivity index (χ0n) is 34.9. The molecule has 0 aliphatic carbocycles. The van der Waals surface area contributed by atoms with Crippen molar-refractivity contribution in [2.24, 2.45) is 0 Å². The van der Waals surface area contributed by atoms with E-state index in [1.54, 1.807) is 0 Å². The third-order valence-electron chi connectivity index (χ3n) is 10.5. The molecule has 0 N–H and O–H groups in total. The number of aromatic nitrogens is 5. The molecule has 0 saturated carbocycles. The largest absolute Gasteiger partial charge is 0.307 e. The van der Waals surface area contributed by atoms with Crippen LogP contribution in [0.25, 0.3) is 100 Å². The minimum Gasteiger partial charge on any atom is -0.307 e. The summed E-state index contributed by atoms with van der Waals surface area (Å²) in [5.74, 6) is 0.533. The molecule has 0 spiro atoms. The lowest BCUT2D eigenvalue weighted by Crippen LogP contribution is -2.07. The summed E-state index contributed by atoms with van der Waals surface area (Å²) in [7, 11) is 0. The summed E-state index contributed by atoms with van der Waals surface area (Å²) in [6.07, 6.45) is 0. The highest BCUT2D eigenvalue weighted by Gasteiger charge is 2.23. The van der Waals surface area contributed by atoms with Crippen molar-refractivity contribution in [3.05, 3.63) is 200 Å². The zero-order chi connectivity index (χ0) is 41.4. The van der Waals surface area contributed by atoms with E-state index >= 15 is 0 Å². The summed E-state index contributed by atoms with van der Waals surface area (Å²) in [6, 6.07) is 55.7. The van der Waals surface area contributed by atoms with Gasteiger partial charge in [-0.1, -0.05) is 176 Å². The van der Waals surface area contributed by atoms with Crippen molar-refractivity contribution < 1.29 is 6.85 Å². The molecule has 5 nitrogen and oxygen atoms in total. The molecule has 5 heteroatoms. The molecule has 0 bridgehead atoms. The van der Waals surface area contributed by atoms with E-state index in [9.17, 15) is 0 Å². The highest BCUT2D eigenvalue weighted by Crippen LogP contribution is 2.42. The molecular weight excluding hydrogens is 683 g/mol. The number of para-hydroxylation sites is 2. The van der Waals surface area contributed by atoms with Crippen molar-refractivity contribution in [3.63, 3.8) is 0 Å². The molecule has 56 heavy (non-hydrogen) atoms. The second kappa shape index (κ2) is 13.0. The van der Waals surface area contributed by atoms with Crippen LogP contribution in [0, 0.1) is 0 Å². The van der Waals surface area contributed by atoms with Gasteiger partial charge < -0.3 is 4.57 Å². The van der Waals surface area contributed by atoms with Crippen LogP contribution in [0.3, 0.4) is 0 Å². The van der Waals surface area contributed by atoms with Crippen molar-refractivity contribution in [3.8, 4) is 56.7 Å². The van der Waals surface area contributed by atoms with Crippen molar-refractivity contribution in [2.75, 3.05) is 0 Å². The van der Waals surface area contributed by atoms with Crippen LogP contribution in [0.2, 0.25) is 0 Å². The van der Waals surface area contributed by atoms with E-state index in [2.05, 4.69) is 120 Å². The number of nitrogens with zero attached hydrogens (tertiary/aromatic N) is 5. The Hall–Kier alpha value is -7.63. The second-order valence-electron chi connectivity index (χ2n) is 13.7. The standard InChI is InChI=1S/C51H33N5/c1-4-14-34(15-5-1)35-24-26-36(27-25-35)37-28-30-40(31-29-37)55-45-22-12-10-20-41(45)43-32-33-44-42-21-11-13-23-46(42)56(48(44)47(43)55)51-53-49(38-16-6-2-7-17-38)52-50(54-51)39-18-8-3-9-19-39/h1-33H/i2D,6D,7D,16D,17D. The predicted octanol–water partition coefficient (Wildman–Crippen LogP) is 12.7. The Morgan fingerprint density at radius 2 is 0.786 bits per heavy atom. The van der Waals surface area contributed by atoms with Crippen molar-refractivity contribution in [2.45, 2.75) is 0 Å². The maximum atomic E-state index is 8.88. The molecule has 0 fully saturated rings. The van der Waals surface area contributed by atoms with Gasteiger partial charge in [-0.3, -0.25) is 4.57 Å². The minimum absolute atomic E-state index is 0.0214. The molecule has 0 unspecified atom stereocenters. The van der Waals surface area contributed by atoms with Crippen LogP contribution in [-0.2, 0) is 0 Å². The molecule has 0 aliphatic heterocycles. The number of hydrogen-bond donors (Lipinski definition) is 0. The molecule has 11 rings (SSSR count). The lowest BCUT2D eigenvalue weighted by Gasteiger charge is -2.13. The molecule has 3 heterocycles. The fourth-order valence-corrected chi connectivity index (χ4v) is 7.92. The van der Waals surface area contributed by atoms with Crippen LogP contribution >= 0.6 is 0 Å². The first-order chi connectivity index (χ1) is 29.9. The van der Waals surface area contributed by atoms with Gasteiger partial charge in [0.1, 0.15) is 0 Å². The molecule has 11 aromatic rings. The van der Waals surface area contributed by atoms with E-state index in [0.717, 1.165) is 60.4 Å². The SMILES string of the molecule is [2H]c1c([2H])c([2H])c(-c2nc(-c3ccccc3)nc(-n3c4ccccc4c4ccc5c6ccccc6n(-c6ccc(-c7ccc(-c8ccccc8)cc7)cc6)c5c43)n2)c([2H])c1[2H]. The molecule has 0 radical (unpaired) electrons. The van der Waals surface area contributed by atoms with Gasteiger partial charge in [0.15, 0.2) is 11.6 Å².